The highest BCUT2D eigenvalue weighted by atomic mass is 16.7. The predicted molar refractivity (Wildman–Crippen MR) is 97.4 cm³/mol. The molecule has 0 radical (unpaired) electrons. The number of likely N-dealkylation sites (tertiary alicyclic amines) is 1. The van der Waals surface area contributed by atoms with Crippen molar-refractivity contribution in [1.82, 2.24) is 15.2 Å². The summed E-state index contributed by atoms with van der Waals surface area (Å²) in [6.45, 7) is 10.3. The van der Waals surface area contributed by atoms with E-state index in [9.17, 15) is 4.79 Å². The van der Waals surface area contributed by atoms with Crippen LogP contribution in [0.4, 0.5) is 4.79 Å². The number of hydrogen-bond donors (Lipinski definition) is 1. The summed E-state index contributed by atoms with van der Waals surface area (Å²) in [6.07, 6.45) is 5.28. The molecule has 0 aliphatic carbocycles. The molecule has 0 saturated carbocycles. The van der Waals surface area contributed by atoms with Crippen molar-refractivity contribution in [2.24, 2.45) is 0 Å². The van der Waals surface area contributed by atoms with Gasteiger partial charge in [0.05, 0.1) is 11.2 Å². The molecular weight excluding hydrogens is 317 g/mol. The van der Waals surface area contributed by atoms with E-state index in [-0.39, 0.29) is 30.2 Å². The van der Waals surface area contributed by atoms with Crippen LogP contribution < -0.4 is 5.32 Å². The molecule has 1 N–H and O–H groups in total. The standard InChI is InChI=1S/C18H28BN3O3/c1-17(2)18(3,4)25-19(24-17)15-8-11-22(13-15)16(23)21-10-7-14-6-5-9-20-12-14/h5-6,9,12,15H,7-8,10-11,13H2,1-4H3,(H,21,23). The molecule has 2 aliphatic rings. The SMILES string of the molecule is CC1(C)OB(C2CCN(C(=O)NCCc3cccnc3)C2)OC1(C)C. The third kappa shape index (κ3) is 3.98. The number of hydrogen-bond acceptors (Lipinski definition) is 4. The van der Waals surface area contributed by atoms with Crippen LogP contribution in [0.2, 0.25) is 5.82 Å². The number of carbonyl (C=O) groups excluding carboxylic acids is 1. The van der Waals surface area contributed by atoms with Crippen LogP contribution in [0.1, 0.15) is 39.7 Å². The van der Waals surface area contributed by atoms with Crippen LogP contribution in [0.3, 0.4) is 0 Å². The molecule has 136 valence electrons. The molecular formula is C18H28BN3O3. The highest BCUT2D eigenvalue weighted by Gasteiger charge is 2.54. The normalized spacial score (nSPS) is 24.6. The maximum atomic E-state index is 12.4. The molecule has 0 aromatic carbocycles. The summed E-state index contributed by atoms with van der Waals surface area (Å²) in [5.74, 6) is 0.227. The van der Waals surface area contributed by atoms with Crippen molar-refractivity contribution in [1.29, 1.82) is 0 Å². The van der Waals surface area contributed by atoms with Crippen LogP contribution in [0.5, 0.6) is 0 Å². The lowest BCUT2D eigenvalue weighted by Gasteiger charge is -2.32. The van der Waals surface area contributed by atoms with Gasteiger partial charge < -0.3 is 19.5 Å². The average Bonchev–Trinajstić information content (AvgIpc) is 3.12. The zero-order valence-corrected chi connectivity index (χ0v) is 15.6. The topological polar surface area (TPSA) is 63.7 Å². The minimum atomic E-state index is -0.322. The summed E-state index contributed by atoms with van der Waals surface area (Å²) >= 11 is 0. The van der Waals surface area contributed by atoms with Crippen molar-refractivity contribution in [3.05, 3.63) is 30.1 Å². The Morgan fingerprint density at radius 3 is 2.72 bits per heavy atom. The van der Waals surface area contributed by atoms with Gasteiger partial charge in [0.1, 0.15) is 0 Å². The fraction of sp³-hybridized carbons (Fsp3) is 0.667. The second kappa shape index (κ2) is 6.96. The van der Waals surface area contributed by atoms with E-state index >= 15 is 0 Å². The Morgan fingerprint density at radius 1 is 1.36 bits per heavy atom. The lowest BCUT2D eigenvalue weighted by Crippen LogP contribution is -2.41. The molecule has 1 unspecified atom stereocenters. The van der Waals surface area contributed by atoms with Gasteiger partial charge in [-0.2, -0.15) is 0 Å². The van der Waals surface area contributed by atoms with Crippen molar-refractivity contribution in [2.45, 2.75) is 57.6 Å². The van der Waals surface area contributed by atoms with Gasteiger partial charge in [-0.05, 0) is 52.2 Å². The first-order valence-electron chi connectivity index (χ1n) is 9.06. The third-order valence-corrected chi connectivity index (χ3v) is 5.58. The lowest BCUT2D eigenvalue weighted by atomic mass is 9.71. The molecule has 7 heteroatoms. The highest BCUT2D eigenvalue weighted by molar-refractivity contribution is 6.47. The van der Waals surface area contributed by atoms with Crippen molar-refractivity contribution >= 4 is 13.1 Å². The van der Waals surface area contributed by atoms with Crippen molar-refractivity contribution in [2.75, 3.05) is 19.6 Å². The molecule has 25 heavy (non-hydrogen) atoms. The summed E-state index contributed by atoms with van der Waals surface area (Å²) < 4.78 is 12.3. The summed E-state index contributed by atoms with van der Waals surface area (Å²) in [7, 11) is -0.238. The minimum absolute atomic E-state index is 0.0112. The number of rotatable bonds is 4. The molecule has 1 aromatic rings. The van der Waals surface area contributed by atoms with Gasteiger partial charge in [-0.3, -0.25) is 4.98 Å². The molecule has 3 rings (SSSR count). The molecule has 2 saturated heterocycles. The van der Waals surface area contributed by atoms with Crippen molar-refractivity contribution in [3.8, 4) is 0 Å². The van der Waals surface area contributed by atoms with Crippen molar-refractivity contribution < 1.29 is 14.1 Å². The Morgan fingerprint density at radius 2 is 2.08 bits per heavy atom. The van der Waals surface area contributed by atoms with E-state index < -0.39 is 0 Å². The Bertz CT molecular complexity index is 593. The van der Waals surface area contributed by atoms with Crippen LogP contribution in [-0.2, 0) is 15.7 Å². The average molecular weight is 345 g/mol. The van der Waals surface area contributed by atoms with Gasteiger partial charge in [0, 0.05) is 37.8 Å². The molecule has 2 aliphatic heterocycles. The number of nitrogens with one attached hydrogen (secondary N) is 1. The molecule has 6 nitrogen and oxygen atoms in total. The summed E-state index contributed by atoms with van der Waals surface area (Å²) in [4.78, 5) is 18.3. The van der Waals surface area contributed by atoms with Crippen LogP contribution in [-0.4, -0.2) is 53.9 Å². The predicted octanol–water partition coefficient (Wildman–Crippen LogP) is 2.50. The molecule has 2 fully saturated rings. The number of amides is 2. The van der Waals surface area contributed by atoms with E-state index in [0.29, 0.717) is 13.1 Å². The zero-order chi connectivity index (χ0) is 18.1. The zero-order valence-electron chi connectivity index (χ0n) is 15.6. The second-order valence-electron chi connectivity index (χ2n) is 7.96. The Hall–Kier alpha value is -1.60. The van der Waals surface area contributed by atoms with Gasteiger partial charge in [0.15, 0.2) is 0 Å². The monoisotopic (exact) mass is 345 g/mol. The number of carbonyl (C=O) groups is 1. The Balaban J connectivity index is 1.46. The maximum absolute atomic E-state index is 12.4. The van der Waals surface area contributed by atoms with Gasteiger partial charge in [0.25, 0.3) is 0 Å². The Labute approximate surface area is 150 Å². The van der Waals surface area contributed by atoms with E-state index in [0.717, 1.165) is 24.9 Å². The van der Waals surface area contributed by atoms with Crippen LogP contribution >= 0.6 is 0 Å². The second-order valence-corrected chi connectivity index (χ2v) is 7.96. The first-order valence-corrected chi connectivity index (χ1v) is 9.06. The fourth-order valence-corrected chi connectivity index (χ4v) is 3.25. The van der Waals surface area contributed by atoms with E-state index in [1.165, 1.54) is 0 Å². The lowest BCUT2D eigenvalue weighted by molar-refractivity contribution is 0.00578. The molecule has 1 atom stereocenters. The maximum Gasteiger partial charge on any atom is 0.463 e. The number of pyridine rings is 1. The first kappa shape index (κ1) is 18.2. The summed E-state index contributed by atoms with van der Waals surface area (Å²) in [6, 6.07) is 3.92. The summed E-state index contributed by atoms with van der Waals surface area (Å²) in [5, 5.41) is 2.99. The first-order chi connectivity index (χ1) is 11.8. The van der Waals surface area contributed by atoms with E-state index in [2.05, 4.69) is 38.0 Å². The van der Waals surface area contributed by atoms with Gasteiger partial charge in [-0.1, -0.05) is 6.07 Å². The van der Waals surface area contributed by atoms with Gasteiger partial charge >= 0.3 is 13.1 Å². The van der Waals surface area contributed by atoms with E-state index in [1.54, 1.807) is 6.20 Å². The number of urea groups is 1. The van der Waals surface area contributed by atoms with Gasteiger partial charge in [-0.25, -0.2) is 4.79 Å². The fourth-order valence-electron chi connectivity index (χ4n) is 3.25. The Kier molecular flexibility index (Phi) is 5.07. The number of aromatic nitrogens is 1. The minimum Gasteiger partial charge on any atom is -0.403 e. The van der Waals surface area contributed by atoms with Crippen LogP contribution in [0.15, 0.2) is 24.5 Å². The highest BCUT2D eigenvalue weighted by Crippen LogP contribution is 2.42. The van der Waals surface area contributed by atoms with Gasteiger partial charge in [-0.15, -0.1) is 0 Å². The van der Waals surface area contributed by atoms with Crippen molar-refractivity contribution in [3.63, 3.8) is 0 Å². The molecule has 2 amide bonds. The smallest absolute Gasteiger partial charge is 0.403 e. The molecule has 1 aromatic heterocycles. The largest absolute Gasteiger partial charge is 0.463 e. The molecule has 0 bridgehead atoms. The summed E-state index contributed by atoms with van der Waals surface area (Å²) in [5.41, 5.74) is 0.480. The van der Waals surface area contributed by atoms with Crippen LogP contribution in [0.25, 0.3) is 0 Å². The van der Waals surface area contributed by atoms with E-state index in [1.807, 2.05) is 23.2 Å². The van der Waals surface area contributed by atoms with Gasteiger partial charge in [0.2, 0.25) is 0 Å². The molecule has 0 spiro atoms. The molecule has 3 heterocycles. The quantitative estimate of drug-likeness (QED) is 0.852. The third-order valence-electron chi connectivity index (χ3n) is 5.58. The van der Waals surface area contributed by atoms with Crippen LogP contribution in [0, 0.1) is 0 Å². The number of nitrogens with zero attached hydrogens (tertiary/aromatic N) is 2. The van der Waals surface area contributed by atoms with E-state index in [4.69, 9.17) is 9.31 Å².